The van der Waals surface area contributed by atoms with E-state index in [0.29, 0.717) is 42.1 Å². The van der Waals surface area contributed by atoms with Crippen molar-refractivity contribution >= 4 is 21.7 Å². The van der Waals surface area contributed by atoms with Crippen LogP contribution in [0.25, 0.3) is 17.0 Å². The van der Waals surface area contributed by atoms with Gasteiger partial charge >= 0.3 is 0 Å². The molecule has 6 rings (SSSR count). The van der Waals surface area contributed by atoms with Gasteiger partial charge in [0, 0.05) is 17.3 Å². The van der Waals surface area contributed by atoms with E-state index in [0.717, 1.165) is 12.0 Å². The summed E-state index contributed by atoms with van der Waals surface area (Å²) in [6.45, 7) is 3.63. The van der Waals surface area contributed by atoms with Gasteiger partial charge in [-0.3, -0.25) is 4.40 Å². The van der Waals surface area contributed by atoms with Crippen LogP contribution in [-0.2, 0) is 10.0 Å². The number of benzene rings is 1. The zero-order valence-corrected chi connectivity index (χ0v) is 17.5. The number of nitriles is 1. The Labute approximate surface area is 174 Å². The zero-order chi connectivity index (χ0) is 21.3. The standard InChI is InChI=1S/C20H21N7O2S/c1-12-3-4-14(30(28,29)26-20-6-5-19(9-20,10-20)11-21)7-15(12)16-8-27-17(22)23-13(2)24-18(27)25-16/h3-4,7-8,26H,5-6,9-10H2,1-2H3,(H2,22,23,24,25). The molecule has 1 aromatic carbocycles. The first-order chi connectivity index (χ1) is 14.1. The first kappa shape index (κ1) is 19.0. The largest absolute Gasteiger partial charge is 0.369 e. The summed E-state index contributed by atoms with van der Waals surface area (Å²) in [6.07, 6.45) is 4.31. The second-order valence-electron chi connectivity index (χ2n) is 8.53. The maximum absolute atomic E-state index is 13.1. The van der Waals surface area contributed by atoms with Crippen LogP contribution in [0.3, 0.4) is 0 Å². The van der Waals surface area contributed by atoms with Crippen molar-refractivity contribution < 1.29 is 8.42 Å². The molecular weight excluding hydrogens is 402 g/mol. The number of sulfonamides is 1. The van der Waals surface area contributed by atoms with E-state index < -0.39 is 15.6 Å². The highest BCUT2D eigenvalue weighted by Gasteiger charge is 2.62. The van der Waals surface area contributed by atoms with Crippen molar-refractivity contribution in [3.63, 3.8) is 0 Å². The highest BCUT2D eigenvalue weighted by atomic mass is 32.2. The lowest BCUT2D eigenvalue weighted by Gasteiger charge is -2.43. The van der Waals surface area contributed by atoms with E-state index in [2.05, 4.69) is 25.7 Å². The number of aryl methyl sites for hydroxylation is 2. The number of anilines is 1. The Morgan fingerprint density at radius 3 is 2.67 bits per heavy atom. The maximum atomic E-state index is 13.1. The second-order valence-corrected chi connectivity index (χ2v) is 10.2. The van der Waals surface area contributed by atoms with Gasteiger partial charge in [0.25, 0.3) is 0 Å². The number of fused-ring (bicyclic) bond motifs is 2. The van der Waals surface area contributed by atoms with Gasteiger partial charge in [-0.05, 0) is 57.2 Å². The summed E-state index contributed by atoms with van der Waals surface area (Å²) in [6, 6.07) is 7.33. The van der Waals surface area contributed by atoms with Crippen LogP contribution in [0.2, 0.25) is 0 Å². The van der Waals surface area contributed by atoms with Crippen molar-refractivity contribution in [1.29, 1.82) is 5.26 Å². The third-order valence-electron chi connectivity index (χ3n) is 6.29. The lowest BCUT2D eigenvalue weighted by molar-refractivity contribution is 0.161. The molecule has 3 aromatic rings. The number of nitrogens with zero attached hydrogens (tertiary/aromatic N) is 5. The SMILES string of the molecule is Cc1nc(N)n2cc(-c3cc(S(=O)(=O)NC45CCC(C#N)(C4)C5)ccc3C)nc2n1. The van der Waals surface area contributed by atoms with Crippen LogP contribution in [0.15, 0.2) is 29.3 Å². The van der Waals surface area contributed by atoms with E-state index in [1.807, 2.05) is 6.92 Å². The summed E-state index contributed by atoms with van der Waals surface area (Å²) in [5, 5.41) is 9.33. The molecule has 30 heavy (non-hydrogen) atoms. The predicted octanol–water partition coefficient (Wildman–Crippen LogP) is 2.11. The summed E-state index contributed by atoms with van der Waals surface area (Å²) >= 11 is 0. The van der Waals surface area contributed by atoms with Crippen LogP contribution in [-0.4, -0.2) is 33.3 Å². The minimum atomic E-state index is -3.74. The lowest BCUT2D eigenvalue weighted by Crippen LogP contribution is -2.55. The molecule has 3 aliphatic rings. The van der Waals surface area contributed by atoms with Crippen LogP contribution in [0.1, 0.15) is 37.1 Å². The molecule has 9 nitrogen and oxygen atoms in total. The van der Waals surface area contributed by atoms with E-state index in [-0.39, 0.29) is 16.3 Å². The molecule has 0 spiro atoms. The Balaban J connectivity index is 1.51. The van der Waals surface area contributed by atoms with Crippen LogP contribution in [0, 0.1) is 30.6 Å². The number of hydrogen-bond donors (Lipinski definition) is 2. The summed E-state index contributed by atoms with van der Waals surface area (Å²) in [5.41, 5.74) is 7.25. The number of nitrogens with one attached hydrogen (secondary N) is 1. The minimum absolute atomic E-state index is 0.172. The molecule has 0 aliphatic heterocycles. The Hall–Kier alpha value is -3.03. The van der Waals surface area contributed by atoms with Gasteiger partial charge in [-0.1, -0.05) is 6.07 Å². The fourth-order valence-electron chi connectivity index (χ4n) is 4.86. The molecule has 0 atom stereocenters. The Morgan fingerprint density at radius 1 is 1.20 bits per heavy atom. The van der Waals surface area contributed by atoms with E-state index in [4.69, 9.17) is 5.73 Å². The number of aromatic nitrogens is 4. The monoisotopic (exact) mass is 423 g/mol. The van der Waals surface area contributed by atoms with Gasteiger partial charge in [0.2, 0.25) is 21.7 Å². The van der Waals surface area contributed by atoms with E-state index in [1.165, 1.54) is 0 Å². The molecule has 2 aromatic heterocycles. The van der Waals surface area contributed by atoms with E-state index in [9.17, 15) is 13.7 Å². The molecule has 10 heteroatoms. The molecule has 3 aliphatic carbocycles. The van der Waals surface area contributed by atoms with Crippen LogP contribution < -0.4 is 10.5 Å². The highest BCUT2D eigenvalue weighted by molar-refractivity contribution is 7.89. The molecular formula is C20H21N7O2S. The molecule has 2 bridgehead atoms. The number of nitrogen functional groups attached to an aromatic ring is 1. The third kappa shape index (κ3) is 2.77. The molecule has 0 unspecified atom stereocenters. The van der Waals surface area contributed by atoms with Gasteiger partial charge in [0.1, 0.15) is 5.82 Å². The predicted molar refractivity (Wildman–Crippen MR) is 110 cm³/mol. The van der Waals surface area contributed by atoms with Crippen molar-refractivity contribution in [1.82, 2.24) is 24.1 Å². The first-order valence-electron chi connectivity index (χ1n) is 9.70. The smallest absolute Gasteiger partial charge is 0.241 e. The van der Waals surface area contributed by atoms with Crippen molar-refractivity contribution in [2.24, 2.45) is 5.41 Å². The van der Waals surface area contributed by atoms with Crippen molar-refractivity contribution in [2.75, 3.05) is 5.73 Å². The number of nitrogens with two attached hydrogens (primary N) is 1. The Kier molecular flexibility index (Phi) is 3.79. The van der Waals surface area contributed by atoms with Crippen molar-refractivity contribution in [3.8, 4) is 17.3 Å². The highest BCUT2D eigenvalue weighted by Crippen LogP contribution is 2.61. The number of imidazole rings is 1. The third-order valence-corrected chi connectivity index (χ3v) is 7.87. The quantitative estimate of drug-likeness (QED) is 0.655. The molecule has 0 radical (unpaired) electrons. The Bertz CT molecular complexity index is 1350. The topological polar surface area (TPSA) is 139 Å². The molecule has 2 heterocycles. The number of rotatable bonds is 4. The second kappa shape index (κ2) is 6.00. The van der Waals surface area contributed by atoms with E-state index >= 15 is 0 Å². The normalized spacial score (nSPS) is 25.2. The average Bonchev–Trinajstić information content (AvgIpc) is 3.32. The summed E-state index contributed by atoms with van der Waals surface area (Å²) < 4.78 is 30.7. The summed E-state index contributed by atoms with van der Waals surface area (Å²) in [7, 11) is -3.74. The van der Waals surface area contributed by atoms with E-state index in [1.54, 1.807) is 35.7 Å². The van der Waals surface area contributed by atoms with Gasteiger partial charge in [-0.2, -0.15) is 15.2 Å². The van der Waals surface area contributed by atoms with Gasteiger partial charge in [-0.25, -0.2) is 18.1 Å². The van der Waals surface area contributed by atoms with Crippen LogP contribution in [0.4, 0.5) is 5.95 Å². The van der Waals surface area contributed by atoms with Gasteiger partial charge in [0.15, 0.2) is 0 Å². The molecule has 3 N–H and O–H groups in total. The van der Waals surface area contributed by atoms with Gasteiger partial charge in [0.05, 0.1) is 22.1 Å². The average molecular weight is 424 g/mol. The van der Waals surface area contributed by atoms with Crippen LogP contribution in [0.5, 0.6) is 0 Å². The number of hydrogen-bond acceptors (Lipinski definition) is 7. The van der Waals surface area contributed by atoms with Gasteiger partial charge in [-0.15, -0.1) is 0 Å². The molecule has 0 saturated heterocycles. The fraction of sp³-hybridized carbons (Fsp3) is 0.400. The fourth-order valence-corrected chi connectivity index (χ4v) is 6.31. The molecule has 3 saturated carbocycles. The van der Waals surface area contributed by atoms with Crippen molar-refractivity contribution in [2.45, 2.75) is 50.0 Å². The Morgan fingerprint density at radius 2 is 1.97 bits per heavy atom. The summed E-state index contributed by atoms with van der Waals surface area (Å²) in [4.78, 5) is 13.1. The zero-order valence-electron chi connectivity index (χ0n) is 16.7. The minimum Gasteiger partial charge on any atom is -0.369 e. The first-order valence-corrected chi connectivity index (χ1v) is 11.2. The van der Waals surface area contributed by atoms with Gasteiger partial charge < -0.3 is 5.73 Å². The van der Waals surface area contributed by atoms with Crippen molar-refractivity contribution in [3.05, 3.63) is 35.8 Å². The van der Waals surface area contributed by atoms with Crippen LogP contribution >= 0.6 is 0 Å². The lowest BCUT2D eigenvalue weighted by atomic mass is 9.66. The molecule has 3 fully saturated rings. The molecule has 0 amide bonds. The summed E-state index contributed by atoms with van der Waals surface area (Å²) in [5.74, 6) is 1.19. The maximum Gasteiger partial charge on any atom is 0.241 e. The molecule has 154 valence electrons.